The third kappa shape index (κ3) is 5.09. The molecule has 0 bridgehead atoms. The van der Waals surface area contributed by atoms with Crippen LogP contribution in [0.5, 0.6) is 0 Å². The van der Waals surface area contributed by atoms with Crippen LogP contribution in [-0.4, -0.2) is 24.1 Å². The van der Waals surface area contributed by atoms with Crippen molar-refractivity contribution in [1.29, 1.82) is 0 Å². The van der Waals surface area contributed by atoms with Gasteiger partial charge in [-0.3, -0.25) is 4.79 Å². The second-order valence-corrected chi connectivity index (χ2v) is 4.05. The highest BCUT2D eigenvalue weighted by Gasteiger charge is 2.00. The molecule has 4 heteroatoms. The summed E-state index contributed by atoms with van der Waals surface area (Å²) in [7, 11) is 0. The molecule has 0 radical (unpaired) electrons. The molecule has 1 aromatic heterocycles. The molecule has 0 spiro atoms. The van der Waals surface area contributed by atoms with Crippen LogP contribution >= 0.6 is 0 Å². The summed E-state index contributed by atoms with van der Waals surface area (Å²) in [5.74, 6) is 0. The van der Waals surface area contributed by atoms with E-state index in [0.717, 1.165) is 31.6 Å². The summed E-state index contributed by atoms with van der Waals surface area (Å²) in [6.07, 6.45) is 2.91. The van der Waals surface area contributed by atoms with Crippen molar-refractivity contribution in [1.82, 2.24) is 15.6 Å². The fourth-order valence-corrected chi connectivity index (χ4v) is 1.41. The van der Waals surface area contributed by atoms with Gasteiger partial charge in [-0.25, -0.2) is 0 Å². The van der Waals surface area contributed by atoms with E-state index in [1.54, 1.807) is 12.3 Å². The van der Waals surface area contributed by atoms with Gasteiger partial charge in [0.1, 0.15) is 0 Å². The molecule has 0 aliphatic carbocycles. The molecule has 0 aliphatic heterocycles. The Labute approximate surface area is 96.5 Å². The summed E-state index contributed by atoms with van der Waals surface area (Å²) in [6, 6.07) is 3.83. The summed E-state index contributed by atoms with van der Waals surface area (Å²) >= 11 is 0. The molecule has 0 amide bonds. The Bertz CT molecular complexity index is 328. The molecule has 0 saturated heterocycles. The van der Waals surface area contributed by atoms with Gasteiger partial charge in [0.05, 0.1) is 0 Å². The van der Waals surface area contributed by atoms with Crippen LogP contribution in [0.1, 0.15) is 25.8 Å². The van der Waals surface area contributed by atoms with Crippen LogP contribution in [0.2, 0.25) is 0 Å². The van der Waals surface area contributed by atoms with Crippen molar-refractivity contribution in [2.75, 3.05) is 13.1 Å². The topological polar surface area (TPSA) is 56.9 Å². The van der Waals surface area contributed by atoms with Gasteiger partial charge in [0.2, 0.25) is 5.56 Å². The van der Waals surface area contributed by atoms with E-state index in [1.807, 2.05) is 6.07 Å². The van der Waals surface area contributed by atoms with E-state index in [2.05, 4.69) is 29.5 Å². The van der Waals surface area contributed by atoms with E-state index < -0.39 is 0 Å². The van der Waals surface area contributed by atoms with Gasteiger partial charge in [0.25, 0.3) is 0 Å². The second kappa shape index (κ2) is 7.19. The summed E-state index contributed by atoms with van der Waals surface area (Å²) in [6.45, 7) is 7.12. The number of hydrogen-bond acceptors (Lipinski definition) is 3. The van der Waals surface area contributed by atoms with Crippen molar-refractivity contribution in [3.8, 4) is 0 Å². The Morgan fingerprint density at radius 3 is 2.88 bits per heavy atom. The Balaban J connectivity index is 2.23. The maximum absolute atomic E-state index is 10.8. The monoisotopic (exact) mass is 223 g/mol. The highest BCUT2D eigenvalue weighted by molar-refractivity contribution is 5.08. The first kappa shape index (κ1) is 12.9. The molecule has 1 aromatic rings. The molecule has 16 heavy (non-hydrogen) atoms. The van der Waals surface area contributed by atoms with Gasteiger partial charge in [0, 0.05) is 31.4 Å². The lowest BCUT2D eigenvalue weighted by Crippen LogP contribution is -2.36. The molecule has 4 nitrogen and oxygen atoms in total. The minimum absolute atomic E-state index is 0.0542. The Morgan fingerprint density at radius 2 is 2.25 bits per heavy atom. The molecule has 0 aromatic carbocycles. The highest BCUT2D eigenvalue weighted by atomic mass is 16.1. The number of hydrogen-bond donors (Lipinski definition) is 3. The fraction of sp³-hybridized carbons (Fsp3) is 0.583. The van der Waals surface area contributed by atoms with Crippen LogP contribution in [0.25, 0.3) is 0 Å². The molecular formula is C12H21N3O. The maximum atomic E-state index is 10.8. The summed E-state index contributed by atoms with van der Waals surface area (Å²) in [5.41, 5.74) is 1.04. The molecule has 0 saturated carbocycles. The first-order valence-corrected chi connectivity index (χ1v) is 5.84. The normalized spacial score (nSPS) is 12.6. The predicted molar refractivity (Wildman–Crippen MR) is 66.5 cm³/mol. The van der Waals surface area contributed by atoms with Crippen LogP contribution < -0.4 is 16.2 Å². The van der Waals surface area contributed by atoms with E-state index in [9.17, 15) is 4.79 Å². The molecule has 1 rings (SSSR count). The standard InChI is InChI=1S/C12H21N3O/c1-3-6-13-7-10(2)14-8-11-4-5-12(16)15-9-11/h4-5,9-10,13-14H,3,6-8H2,1-2H3,(H,15,16). The molecule has 1 heterocycles. The SMILES string of the molecule is CCCNCC(C)NCc1ccc(=O)[nH]c1. The van der Waals surface area contributed by atoms with Gasteiger partial charge < -0.3 is 15.6 Å². The summed E-state index contributed by atoms with van der Waals surface area (Å²) in [4.78, 5) is 13.5. The number of aromatic nitrogens is 1. The average Bonchev–Trinajstić information content (AvgIpc) is 2.29. The molecule has 0 fully saturated rings. The van der Waals surface area contributed by atoms with Crippen LogP contribution in [0.3, 0.4) is 0 Å². The van der Waals surface area contributed by atoms with Crippen LogP contribution in [-0.2, 0) is 6.54 Å². The minimum Gasteiger partial charge on any atom is -0.329 e. The maximum Gasteiger partial charge on any atom is 0.247 e. The molecular weight excluding hydrogens is 202 g/mol. The van der Waals surface area contributed by atoms with Gasteiger partial charge in [-0.05, 0) is 25.5 Å². The van der Waals surface area contributed by atoms with Crippen molar-refractivity contribution in [3.05, 3.63) is 34.2 Å². The van der Waals surface area contributed by atoms with Crippen molar-refractivity contribution in [2.45, 2.75) is 32.9 Å². The number of pyridine rings is 1. The predicted octanol–water partition coefficient (Wildman–Crippen LogP) is 0.853. The zero-order valence-corrected chi connectivity index (χ0v) is 10.0. The van der Waals surface area contributed by atoms with Gasteiger partial charge in [-0.1, -0.05) is 13.0 Å². The minimum atomic E-state index is -0.0542. The Kier molecular flexibility index (Phi) is 5.82. The van der Waals surface area contributed by atoms with E-state index >= 15 is 0 Å². The lowest BCUT2D eigenvalue weighted by molar-refractivity contribution is 0.501. The quantitative estimate of drug-likeness (QED) is 0.601. The first-order chi connectivity index (χ1) is 7.72. The molecule has 3 N–H and O–H groups in total. The van der Waals surface area contributed by atoms with Crippen LogP contribution in [0.4, 0.5) is 0 Å². The Hall–Kier alpha value is -1.13. The van der Waals surface area contributed by atoms with E-state index in [0.29, 0.717) is 6.04 Å². The van der Waals surface area contributed by atoms with Crippen molar-refractivity contribution >= 4 is 0 Å². The fourth-order valence-electron chi connectivity index (χ4n) is 1.41. The molecule has 1 unspecified atom stereocenters. The highest BCUT2D eigenvalue weighted by Crippen LogP contribution is 1.93. The zero-order valence-electron chi connectivity index (χ0n) is 10.0. The van der Waals surface area contributed by atoms with Gasteiger partial charge >= 0.3 is 0 Å². The largest absolute Gasteiger partial charge is 0.329 e. The zero-order chi connectivity index (χ0) is 11.8. The van der Waals surface area contributed by atoms with Crippen LogP contribution in [0, 0.1) is 0 Å². The number of rotatable bonds is 7. The van der Waals surface area contributed by atoms with E-state index in [-0.39, 0.29) is 5.56 Å². The second-order valence-electron chi connectivity index (χ2n) is 4.05. The van der Waals surface area contributed by atoms with Gasteiger partial charge in [-0.15, -0.1) is 0 Å². The van der Waals surface area contributed by atoms with Crippen molar-refractivity contribution in [3.63, 3.8) is 0 Å². The molecule has 90 valence electrons. The van der Waals surface area contributed by atoms with Crippen LogP contribution in [0.15, 0.2) is 23.1 Å². The number of H-pyrrole nitrogens is 1. The van der Waals surface area contributed by atoms with Crippen molar-refractivity contribution < 1.29 is 0 Å². The first-order valence-electron chi connectivity index (χ1n) is 5.84. The lowest BCUT2D eigenvalue weighted by Gasteiger charge is -2.14. The molecule has 0 aliphatic rings. The van der Waals surface area contributed by atoms with E-state index in [4.69, 9.17) is 0 Å². The third-order valence-corrected chi connectivity index (χ3v) is 2.38. The van der Waals surface area contributed by atoms with Crippen molar-refractivity contribution in [2.24, 2.45) is 0 Å². The van der Waals surface area contributed by atoms with Gasteiger partial charge in [-0.2, -0.15) is 0 Å². The summed E-state index contributed by atoms with van der Waals surface area (Å²) in [5, 5.41) is 6.75. The Morgan fingerprint density at radius 1 is 1.44 bits per heavy atom. The average molecular weight is 223 g/mol. The number of nitrogens with one attached hydrogen (secondary N) is 3. The van der Waals surface area contributed by atoms with Gasteiger partial charge in [0.15, 0.2) is 0 Å². The lowest BCUT2D eigenvalue weighted by atomic mass is 10.2. The third-order valence-electron chi connectivity index (χ3n) is 2.38. The molecule has 1 atom stereocenters. The number of aromatic amines is 1. The smallest absolute Gasteiger partial charge is 0.247 e. The summed E-state index contributed by atoms with van der Waals surface area (Å²) < 4.78 is 0. The van der Waals surface area contributed by atoms with E-state index in [1.165, 1.54) is 0 Å².